The first-order valence-electron chi connectivity index (χ1n) is 7.50. The summed E-state index contributed by atoms with van der Waals surface area (Å²) in [6.07, 6.45) is 2.21. The number of carbonyl (C=O) groups excluding carboxylic acids is 1. The number of ether oxygens (including phenoxy) is 1. The average molecular weight is 312 g/mol. The third-order valence-electron chi connectivity index (χ3n) is 3.88. The summed E-state index contributed by atoms with van der Waals surface area (Å²) in [6.45, 7) is 0.219. The number of hydrogen-bond donors (Lipinski definition) is 2. The van der Waals surface area contributed by atoms with Gasteiger partial charge in [-0.25, -0.2) is 0 Å². The van der Waals surface area contributed by atoms with Crippen LogP contribution in [0.2, 0.25) is 0 Å². The SMILES string of the molecule is COc1ccc2[nH]c(C(=O)NCc3nnc(C4CC4)o3)cc2c1. The van der Waals surface area contributed by atoms with Gasteiger partial charge in [-0.15, -0.1) is 10.2 Å². The van der Waals surface area contributed by atoms with E-state index < -0.39 is 0 Å². The Labute approximate surface area is 132 Å². The molecule has 3 aromatic rings. The molecule has 4 rings (SSSR count). The fourth-order valence-electron chi connectivity index (χ4n) is 2.44. The Morgan fingerprint density at radius 3 is 3.04 bits per heavy atom. The summed E-state index contributed by atoms with van der Waals surface area (Å²) in [5.74, 6) is 2.05. The minimum absolute atomic E-state index is 0.216. The van der Waals surface area contributed by atoms with Gasteiger partial charge in [0.1, 0.15) is 11.4 Å². The molecule has 118 valence electrons. The van der Waals surface area contributed by atoms with Gasteiger partial charge < -0.3 is 19.5 Å². The van der Waals surface area contributed by atoms with Crippen LogP contribution in [0.4, 0.5) is 0 Å². The molecule has 1 amide bonds. The summed E-state index contributed by atoms with van der Waals surface area (Å²) in [4.78, 5) is 15.3. The monoisotopic (exact) mass is 312 g/mol. The summed E-state index contributed by atoms with van der Waals surface area (Å²) in [7, 11) is 1.61. The van der Waals surface area contributed by atoms with Crippen molar-refractivity contribution in [1.29, 1.82) is 0 Å². The molecule has 0 radical (unpaired) electrons. The number of methoxy groups -OCH3 is 1. The molecule has 2 heterocycles. The molecule has 2 aromatic heterocycles. The number of aromatic amines is 1. The normalized spacial score (nSPS) is 14.1. The van der Waals surface area contributed by atoms with Crippen LogP contribution in [0.1, 0.15) is 41.0 Å². The molecule has 1 aromatic carbocycles. The first-order chi connectivity index (χ1) is 11.2. The zero-order valence-corrected chi connectivity index (χ0v) is 12.6. The summed E-state index contributed by atoms with van der Waals surface area (Å²) in [5, 5.41) is 11.6. The number of H-pyrrole nitrogens is 1. The van der Waals surface area contributed by atoms with Crippen molar-refractivity contribution in [3.63, 3.8) is 0 Å². The maximum Gasteiger partial charge on any atom is 0.268 e. The number of rotatable bonds is 5. The highest BCUT2D eigenvalue weighted by Gasteiger charge is 2.29. The van der Waals surface area contributed by atoms with E-state index in [9.17, 15) is 4.79 Å². The lowest BCUT2D eigenvalue weighted by molar-refractivity contribution is 0.0943. The molecule has 0 unspecified atom stereocenters. The van der Waals surface area contributed by atoms with Crippen LogP contribution in [0.15, 0.2) is 28.7 Å². The molecular formula is C16H16N4O3. The van der Waals surface area contributed by atoms with Crippen LogP contribution in [0.5, 0.6) is 5.75 Å². The maximum absolute atomic E-state index is 12.2. The molecule has 7 heteroatoms. The molecule has 0 bridgehead atoms. The lowest BCUT2D eigenvalue weighted by Crippen LogP contribution is -2.23. The quantitative estimate of drug-likeness (QED) is 0.754. The summed E-state index contributed by atoms with van der Waals surface area (Å²) in [5.41, 5.74) is 1.36. The second-order valence-electron chi connectivity index (χ2n) is 5.63. The van der Waals surface area contributed by atoms with Gasteiger partial charge in [0.05, 0.1) is 13.7 Å². The minimum Gasteiger partial charge on any atom is -0.497 e. The van der Waals surface area contributed by atoms with Gasteiger partial charge in [-0.1, -0.05) is 0 Å². The van der Waals surface area contributed by atoms with Crippen LogP contribution >= 0.6 is 0 Å². The molecule has 1 saturated carbocycles. The van der Waals surface area contributed by atoms with Gasteiger partial charge in [-0.3, -0.25) is 4.79 Å². The molecule has 7 nitrogen and oxygen atoms in total. The van der Waals surface area contributed by atoms with E-state index >= 15 is 0 Å². The van der Waals surface area contributed by atoms with Crippen molar-refractivity contribution in [3.05, 3.63) is 41.7 Å². The minimum atomic E-state index is -0.216. The molecule has 1 aliphatic rings. The fraction of sp³-hybridized carbons (Fsp3) is 0.312. The van der Waals surface area contributed by atoms with Gasteiger partial charge in [0.25, 0.3) is 5.91 Å². The number of nitrogens with one attached hydrogen (secondary N) is 2. The highest BCUT2D eigenvalue weighted by atomic mass is 16.5. The van der Waals surface area contributed by atoms with Gasteiger partial charge in [-0.2, -0.15) is 0 Å². The Balaban J connectivity index is 1.45. The van der Waals surface area contributed by atoms with E-state index in [1.165, 1.54) is 0 Å². The largest absolute Gasteiger partial charge is 0.497 e. The molecule has 0 saturated heterocycles. The molecule has 1 fully saturated rings. The number of hydrogen-bond acceptors (Lipinski definition) is 5. The van der Waals surface area contributed by atoms with Gasteiger partial charge in [0.15, 0.2) is 0 Å². The van der Waals surface area contributed by atoms with Crippen molar-refractivity contribution in [2.75, 3.05) is 7.11 Å². The smallest absolute Gasteiger partial charge is 0.268 e. The molecule has 0 atom stereocenters. The van der Waals surface area contributed by atoms with Crippen molar-refractivity contribution in [2.24, 2.45) is 0 Å². The van der Waals surface area contributed by atoms with E-state index in [4.69, 9.17) is 9.15 Å². The van der Waals surface area contributed by atoms with E-state index in [0.29, 0.717) is 23.4 Å². The number of benzene rings is 1. The molecule has 0 aliphatic heterocycles. The highest BCUT2D eigenvalue weighted by Crippen LogP contribution is 2.38. The van der Waals surface area contributed by atoms with Crippen molar-refractivity contribution in [1.82, 2.24) is 20.5 Å². The van der Waals surface area contributed by atoms with Crippen molar-refractivity contribution in [3.8, 4) is 5.75 Å². The molecule has 0 spiro atoms. The summed E-state index contributed by atoms with van der Waals surface area (Å²) in [6, 6.07) is 7.39. The number of nitrogens with zero attached hydrogens (tertiary/aromatic N) is 2. The molecular weight excluding hydrogens is 296 g/mol. The van der Waals surface area contributed by atoms with Crippen LogP contribution in [-0.4, -0.2) is 28.2 Å². The van der Waals surface area contributed by atoms with E-state index in [1.807, 2.05) is 18.2 Å². The van der Waals surface area contributed by atoms with Crippen LogP contribution in [0, 0.1) is 0 Å². The predicted molar refractivity (Wildman–Crippen MR) is 82.3 cm³/mol. The molecule has 23 heavy (non-hydrogen) atoms. The van der Waals surface area contributed by atoms with E-state index in [2.05, 4.69) is 20.5 Å². The number of amides is 1. The summed E-state index contributed by atoms with van der Waals surface area (Å²) < 4.78 is 10.7. The van der Waals surface area contributed by atoms with E-state index in [-0.39, 0.29) is 12.5 Å². The van der Waals surface area contributed by atoms with Crippen LogP contribution in [-0.2, 0) is 6.54 Å². The first kappa shape index (κ1) is 13.8. The van der Waals surface area contributed by atoms with Crippen LogP contribution < -0.4 is 10.1 Å². The standard InChI is InChI=1S/C16H16N4O3/c1-22-11-4-5-12-10(6-11)7-13(18-12)15(21)17-8-14-19-20-16(23-14)9-2-3-9/h4-7,9,18H,2-3,8H2,1H3,(H,17,21). The Hall–Kier alpha value is -2.83. The van der Waals surface area contributed by atoms with E-state index in [1.54, 1.807) is 13.2 Å². The third-order valence-corrected chi connectivity index (χ3v) is 3.88. The summed E-state index contributed by atoms with van der Waals surface area (Å²) >= 11 is 0. The number of aromatic nitrogens is 3. The molecule has 2 N–H and O–H groups in total. The van der Waals surface area contributed by atoms with Gasteiger partial charge in [0, 0.05) is 16.8 Å². The number of carbonyl (C=O) groups is 1. The maximum atomic E-state index is 12.2. The second kappa shape index (κ2) is 5.42. The van der Waals surface area contributed by atoms with Crippen LogP contribution in [0.3, 0.4) is 0 Å². The van der Waals surface area contributed by atoms with Gasteiger partial charge >= 0.3 is 0 Å². The zero-order valence-electron chi connectivity index (χ0n) is 12.6. The third kappa shape index (κ3) is 2.77. The lowest BCUT2D eigenvalue weighted by Gasteiger charge is -1.99. The average Bonchev–Trinajstić information content (AvgIpc) is 3.16. The lowest BCUT2D eigenvalue weighted by atomic mass is 10.2. The Morgan fingerprint density at radius 1 is 1.39 bits per heavy atom. The van der Waals surface area contributed by atoms with E-state index in [0.717, 1.165) is 29.5 Å². The molecule has 1 aliphatic carbocycles. The Morgan fingerprint density at radius 2 is 2.26 bits per heavy atom. The highest BCUT2D eigenvalue weighted by molar-refractivity contribution is 5.98. The topological polar surface area (TPSA) is 93.0 Å². The Bertz CT molecular complexity index is 863. The van der Waals surface area contributed by atoms with Crippen LogP contribution in [0.25, 0.3) is 10.9 Å². The first-order valence-corrected chi connectivity index (χ1v) is 7.50. The predicted octanol–water partition coefficient (Wildman–Crippen LogP) is 2.37. The Kier molecular flexibility index (Phi) is 3.25. The van der Waals surface area contributed by atoms with Crippen molar-refractivity contribution in [2.45, 2.75) is 25.3 Å². The fourth-order valence-corrected chi connectivity index (χ4v) is 2.44. The number of fused-ring (bicyclic) bond motifs is 1. The van der Waals surface area contributed by atoms with Gasteiger partial charge in [0.2, 0.25) is 11.8 Å². The zero-order chi connectivity index (χ0) is 15.8. The van der Waals surface area contributed by atoms with Crippen molar-refractivity contribution < 1.29 is 13.9 Å². The van der Waals surface area contributed by atoms with Crippen molar-refractivity contribution >= 4 is 16.8 Å². The second-order valence-corrected chi connectivity index (χ2v) is 5.63. The van der Waals surface area contributed by atoms with Gasteiger partial charge in [-0.05, 0) is 37.1 Å².